The van der Waals surface area contributed by atoms with Crippen LogP contribution in [-0.2, 0) is 6.61 Å². The van der Waals surface area contributed by atoms with Gasteiger partial charge in [0, 0.05) is 9.75 Å². The average molecular weight is 232 g/mol. The zero-order valence-corrected chi connectivity index (χ0v) is 10.7. The molecule has 1 aromatic heterocycles. The van der Waals surface area contributed by atoms with E-state index in [4.69, 9.17) is 5.11 Å². The molecule has 84 valence electrons. The molecule has 2 heteroatoms. The summed E-state index contributed by atoms with van der Waals surface area (Å²) in [7, 11) is 0. The molecule has 1 heterocycles. The van der Waals surface area contributed by atoms with Crippen LogP contribution in [0.25, 0.3) is 10.4 Å². The first kappa shape index (κ1) is 11.4. The van der Waals surface area contributed by atoms with E-state index in [0.29, 0.717) is 0 Å². The Hall–Kier alpha value is -1.12. The molecule has 1 N–H and O–H groups in total. The molecule has 0 spiro atoms. The minimum Gasteiger partial charge on any atom is -0.391 e. The number of thiophene rings is 1. The Morgan fingerprint density at radius 3 is 2.19 bits per heavy atom. The summed E-state index contributed by atoms with van der Waals surface area (Å²) in [6, 6.07) is 8.51. The molecule has 1 aromatic carbocycles. The molecule has 16 heavy (non-hydrogen) atoms. The van der Waals surface area contributed by atoms with Crippen molar-refractivity contribution in [2.24, 2.45) is 0 Å². The van der Waals surface area contributed by atoms with Gasteiger partial charge < -0.3 is 5.11 Å². The summed E-state index contributed by atoms with van der Waals surface area (Å²) in [5, 5.41) is 9.09. The van der Waals surface area contributed by atoms with Crippen molar-refractivity contribution in [1.29, 1.82) is 0 Å². The van der Waals surface area contributed by atoms with Crippen LogP contribution < -0.4 is 0 Å². The van der Waals surface area contributed by atoms with E-state index in [2.05, 4.69) is 39.0 Å². The van der Waals surface area contributed by atoms with E-state index in [1.807, 2.05) is 6.07 Å². The number of benzene rings is 1. The molecule has 0 atom stereocenters. The van der Waals surface area contributed by atoms with Crippen molar-refractivity contribution in [3.8, 4) is 10.4 Å². The van der Waals surface area contributed by atoms with Gasteiger partial charge in [0.25, 0.3) is 0 Å². The van der Waals surface area contributed by atoms with Crippen LogP contribution in [0.2, 0.25) is 0 Å². The highest BCUT2D eigenvalue weighted by molar-refractivity contribution is 7.15. The number of rotatable bonds is 2. The molecule has 0 aliphatic heterocycles. The lowest BCUT2D eigenvalue weighted by molar-refractivity contribution is 0.285. The van der Waals surface area contributed by atoms with E-state index in [0.717, 1.165) is 4.88 Å². The van der Waals surface area contributed by atoms with Gasteiger partial charge in [0.2, 0.25) is 0 Å². The number of aliphatic hydroxyl groups is 1. The second-order valence-electron chi connectivity index (χ2n) is 4.20. The Morgan fingerprint density at radius 1 is 1.06 bits per heavy atom. The Morgan fingerprint density at radius 2 is 1.69 bits per heavy atom. The molecule has 0 saturated heterocycles. The van der Waals surface area contributed by atoms with Crippen LogP contribution >= 0.6 is 11.3 Å². The topological polar surface area (TPSA) is 20.2 Å². The maximum Gasteiger partial charge on any atom is 0.0774 e. The third-order valence-corrected chi connectivity index (χ3v) is 3.83. The molecule has 0 radical (unpaired) electrons. The lowest BCUT2D eigenvalue weighted by Crippen LogP contribution is -1.87. The van der Waals surface area contributed by atoms with E-state index >= 15 is 0 Å². The maximum absolute atomic E-state index is 9.09. The van der Waals surface area contributed by atoms with E-state index in [9.17, 15) is 0 Å². The fourth-order valence-electron chi connectivity index (χ4n) is 2.17. The first-order chi connectivity index (χ1) is 7.61. The lowest BCUT2D eigenvalue weighted by Gasteiger charge is -2.09. The highest BCUT2D eigenvalue weighted by Gasteiger charge is 2.08. The standard InChI is InChI=1S/C14H16OS/c1-9-6-10(2)14(11(3)7-9)13-5-4-12(8-15)16-13/h4-7,15H,8H2,1-3H3. The van der Waals surface area contributed by atoms with Crippen molar-refractivity contribution in [3.05, 3.63) is 45.8 Å². The molecule has 0 amide bonds. The molecular weight excluding hydrogens is 216 g/mol. The minimum absolute atomic E-state index is 0.134. The largest absolute Gasteiger partial charge is 0.391 e. The number of hydrogen-bond acceptors (Lipinski definition) is 2. The van der Waals surface area contributed by atoms with Gasteiger partial charge in [-0.25, -0.2) is 0 Å². The molecule has 0 aliphatic rings. The van der Waals surface area contributed by atoms with Crippen LogP contribution in [0, 0.1) is 20.8 Å². The van der Waals surface area contributed by atoms with Crippen LogP contribution in [0.15, 0.2) is 24.3 Å². The van der Waals surface area contributed by atoms with Gasteiger partial charge in [0.1, 0.15) is 0 Å². The Kier molecular flexibility index (Phi) is 3.13. The summed E-state index contributed by atoms with van der Waals surface area (Å²) in [5.41, 5.74) is 5.24. The van der Waals surface area contributed by atoms with E-state index in [1.54, 1.807) is 11.3 Å². The predicted molar refractivity (Wildman–Crippen MR) is 69.9 cm³/mol. The van der Waals surface area contributed by atoms with Crippen LogP contribution in [0.3, 0.4) is 0 Å². The molecule has 0 fully saturated rings. The monoisotopic (exact) mass is 232 g/mol. The molecule has 2 aromatic rings. The van der Waals surface area contributed by atoms with Gasteiger partial charge in [-0.1, -0.05) is 17.7 Å². The highest BCUT2D eigenvalue weighted by Crippen LogP contribution is 2.33. The molecule has 0 bridgehead atoms. The van der Waals surface area contributed by atoms with E-state index < -0.39 is 0 Å². The lowest BCUT2D eigenvalue weighted by atomic mass is 9.99. The van der Waals surface area contributed by atoms with Crippen LogP contribution in [0.5, 0.6) is 0 Å². The fraction of sp³-hybridized carbons (Fsp3) is 0.286. The van der Waals surface area contributed by atoms with Gasteiger partial charge in [0.15, 0.2) is 0 Å². The van der Waals surface area contributed by atoms with Gasteiger partial charge in [-0.15, -0.1) is 11.3 Å². The number of aliphatic hydroxyl groups excluding tert-OH is 1. The second kappa shape index (κ2) is 4.40. The molecular formula is C14H16OS. The molecule has 1 nitrogen and oxygen atoms in total. The van der Waals surface area contributed by atoms with Gasteiger partial charge in [-0.05, 0) is 49.6 Å². The molecule has 0 unspecified atom stereocenters. The number of hydrogen-bond donors (Lipinski definition) is 1. The van der Waals surface area contributed by atoms with Crippen molar-refractivity contribution in [2.75, 3.05) is 0 Å². The zero-order chi connectivity index (χ0) is 11.7. The Bertz CT molecular complexity index is 488. The third-order valence-electron chi connectivity index (χ3n) is 2.74. The maximum atomic E-state index is 9.09. The summed E-state index contributed by atoms with van der Waals surface area (Å²) in [6.45, 7) is 6.55. The van der Waals surface area contributed by atoms with E-state index in [1.165, 1.54) is 27.1 Å². The highest BCUT2D eigenvalue weighted by atomic mass is 32.1. The first-order valence-electron chi connectivity index (χ1n) is 5.39. The van der Waals surface area contributed by atoms with Gasteiger partial charge in [0.05, 0.1) is 6.61 Å². The van der Waals surface area contributed by atoms with Gasteiger partial charge in [-0.2, -0.15) is 0 Å². The van der Waals surface area contributed by atoms with Crippen molar-refractivity contribution in [2.45, 2.75) is 27.4 Å². The smallest absolute Gasteiger partial charge is 0.0774 e. The van der Waals surface area contributed by atoms with Crippen LogP contribution in [-0.4, -0.2) is 5.11 Å². The number of aryl methyl sites for hydroxylation is 3. The third kappa shape index (κ3) is 2.04. The summed E-state index contributed by atoms with van der Waals surface area (Å²) in [4.78, 5) is 2.27. The van der Waals surface area contributed by atoms with Gasteiger partial charge in [-0.3, -0.25) is 0 Å². The summed E-state index contributed by atoms with van der Waals surface area (Å²) in [5.74, 6) is 0. The van der Waals surface area contributed by atoms with Gasteiger partial charge >= 0.3 is 0 Å². The fourth-order valence-corrected chi connectivity index (χ4v) is 3.21. The van der Waals surface area contributed by atoms with Crippen LogP contribution in [0.1, 0.15) is 21.6 Å². The first-order valence-corrected chi connectivity index (χ1v) is 6.21. The summed E-state index contributed by atoms with van der Waals surface area (Å²) < 4.78 is 0. The Balaban J connectivity index is 2.55. The Labute approximate surface area is 100 Å². The van der Waals surface area contributed by atoms with Crippen LogP contribution in [0.4, 0.5) is 0 Å². The molecule has 0 aliphatic carbocycles. The van der Waals surface area contributed by atoms with E-state index in [-0.39, 0.29) is 6.61 Å². The predicted octanol–water partition coefficient (Wildman–Crippen LogP) is 3.83. The normalized spacial score (nSPS) is 10.8. The SMILES string of the molecule is Cc1cc(C)c(-c2ccc(CO)s2)c(C)c1. The second-order valence-corrected chi connectivity index (χ2v) is 5.37. The summed E-state index contributed by atoms with van der Waals surface area (Å²) in [6.07, 6.45) is 0. The minimum atomic E-state index is 0.134. The van der Waals surface area contributed by atoms with Crippen molar-refractivity contribution < 1.29 is 5.11 Å². The van der Waals surface area contributed by atoms with Crippen molar-refractivity contribution in [3.63, 3.8) is 0 Å². The summed E-state index contributed by atoms with van der Waals surface area (Å²) >= 11 is 1.67. The van der Waals surface area contributed by atoms with Crippen molar-refractivity contribution in [1.82, 2.24) is 0 Å². The van der Waals surface area contributed by atoms with Crippen molar-refractivity contribution >= 4 is 11.3 Å². The quantitative estimate of drug-likeness (QED) is 0.834. The molecule has 0 saturated carbocycles. The average Bonchev–Trinajstić information content (AvgIpc) is 2.64. The zero-order valence-electron chi connectivity index (χ0n) is 9.87. The molecule has 2 rings (SSSR count).